The topological polar surface area (TPSA) is 167 Å². The SMILES string of the molecule is CC(C)(C)c1cc2c(O)c(c1)COc1ccc3ccccc3c1-c1c(ccc3ccccc13)OCc1cc(C(C)(C)C)cc(c1O)C=N[C@H](c1ccccc1)[C@H](c1ccccc1)N=Cc1cc(C(C)(C)C)cc(c1O)COc1ccc3ccccc3c1-c1c(ccc3ccccc13)OCc1cc(C(C)(C)C)cc(c1O)C=N[C@@H](c1ccccc1)[C@@H](c1ccccc1)N=C2. The third-order valence-electron chi connectivity index (χ3n) is 24.6. The van der Waals surface area contributed by atoms with Crippen molar-refractivity contribution in [2.75, 3.05) is 0 Å². The lowest BCUT2D eigenvalue weighted by Gasteiger charge is -2.25. The van der Waals surface area contributed by atoms with Gasteiger partial charge in [-0.1, -0.05) is 326 Å². The molecule has 640 valence electrons. The van der Waals surface area contributed by atoms with Gasteiger partial charge in [-0.15, -0.1) is 0 Å². The Hall–Kier alpha value is -14.4. The first-order valence-electron chi connectivity index (χ1n) is 44.0. The highest BCUT2D eigenvalue weighted by Crippen LogP contribution is 2.51. The third-order valence-corrected chi connectivity index (χ3v) is 24.6. The third kappa shape index (κ3) is 18.3. The van der Waals surface area contributed by atoms with Crippen LogP contribution >= 0.6 is 0 Å². The van der Waals surface area contributed by atoms with E-state index in [1.54, 1.807) is 24.9 Å². The molecule has 0 unspecified atom stereocenters. The normalized spacial score (nSPS) is 15.8. The lowest BCUT2D eigenvalue weighted by Crippen LogP contribution is -2.14. The van der Waals surface area contributed by atoms with E-state index in [4.69, 9.17) is 38.9 Å². The molecule has 4 atom stereocenters. The van der Waals surface area contributed by atoms with E-state index in [0.717, 1.165) is 110 Å². The van der Waals surface area contributed by atoms with Crippen molar-refractivity contribution in [2.24, 2.45) is 20.0 Å². The number of nitrogens with zero attached hydrogens (tertiary/aromatic N) is 4. The van der Waals surface area contributed by atoms with Crippen LogP contribution in [-0.4, -0.2) is 45.3 Å². The van der Waals surface area contributed by atoms with Crippen molar-refractivity contribution in [3.05, 3.63) is 404 Å². The number of benzene rings is 16. The first-order chi connectivity index (χ1) is 61.7. The molecule has 1 heterocycles. The Labute approximate surface area is 750 Å². The number of aromatic hydroxyl groups is 4. The Kier molecular flexibility index (Phi) is 24.1. The quantitative estimate of drug-likeness (QED) is 0.135. The first kappa shape index (κ1) is 85.8. The smallest absolute Gasteiger partial charge is 0.130 e. The van der Waals surface area contributed by atoms with Crippen LogP contribution in [0, 0.1) is 0 Å². The molecule has 0 radical (unpaired) electrons. The van der Waals surface area contributed by atoms with E-state index in [1.807, 2.05) is 194 Å². The molecule has 8 bridgehead atoms. The van der Waals surface area contributed by atoms with E-state index in [0.29, 0.717) is 67.5 Å². The summed E-state index contributed by atoms with van der Waals surface area (Å²) >= 11 is 0. The van der Waals surface area contributed by atoms with Gasteiger partial charge in [0.1, 0.15) is 96.6 Å². The van der Waals surface area contributed by atoms with Crippen molar-refractivity contribution in [1.29, 1.82) is 0 Å². The van der Waals surface area contributed by atoms with Crippen molar-refractivity contribution in [3.8, 4) is 68.2 Å². The van der Waals surface area contributed by atoms with Gasteiger partial charge in [-0.2, -0.15) is 0 Å². The summed E-state index contributed by atoms with van der Waals surface area (Å²) in [5.41, 5.74) is 13.1. The lowest BCUT2D eigenvalue weighted by molar-refractivity contribution is 0.296. The Morgan fingerprint density at radius 3 is 0.609 bits per heavy atom. The summed E-state index contributed by atoms with van der Waals surface area (Å²) in [7, 11) is 0. The van der Waals surface area contributed by atoms with Crippen LogP contribution in [0.4, 0.5) is 0 Å². The number of ether oxygens (including phenoxy) is 4. The number of aliphatic imine (C=N–C) groups is 4. The van der Waals surface area contributed by atoms with Gasteiger partial charge in [-0.05, 0) is 182 Å². The number of phenolic OH excluding ortho intramolecular Hbond substituents is 4. The summed E-state index contributed by atoms with van der Waals surface area (Å²) in [6.45, 7) is 25.8. The van der Waals surface area contributed by atoms with Crippen molar-refractivity contribution in [1.82, 2.24) is 0 Å². The van der Waals surface area contributed by atoms with Crippen molar-refractivity contribution < 1.29 is 39.4 Å². The number of hydrogen-bond acceptors (Lipinski definition) is 12. The molecule has 4 N–H and O–H groups in total. The zero-order chi connectivity index (χ0) is 89.2. The van der Waals surface area contributed by atoms with Gasteiger partial charge in [0.25, 0.3) is 0 Å². The molecule has 16 aromatic rings. The van der Waals surface area contributed by atoms with Crippen LogP contribution in [-0.2, 0) is 48.1 Å². The van der Waals surface area contributed by atoms with Crippen LogP contribution < -0.4 is 18.9 Å². The molecule has 0 aromatic heterocycles. The van der Waals surface area contributed by atoms with Crippen LogP contribution in [0.2, 0.25) is 0 Å². The molecular formula is C116H108N4O8. The molecular weight excluding hydrogens is 1580 g/mol. The minimum atomic E-state index is -0.663. The lowest BCUT2D eigenvalue weighted by atomic mass is 9.84. The summed E-state index contributed by atoms with van der Waals surface area (Å²) < 4.78 is 29.0. The molecule has 12 heteroatoms. The molecule has 0 saturated carbocycles. The fourth-order valence-corrected chi connectivity index (χ4v) is 17.2. The Morgan fingerprint density at radius 2 is 0.414 bits per heavy atom. The molecule has 17 rings (SSSR count). The summed E-state index contributed by atoms with van der Waals surface area (Å²) in [4.78, 5) is 22.2. The predicted molar refractivity (Wildman–Crippen MR) is 525 cm³/mol. The van der Waals surface area contributed by atoms with Gasteiger partial charge in [0.05, 0.1) is 0 Å². The molecule has 16 aromatic carbocycles. The van der Waals surface area contributed by atoms with Gasteiger partial charge in [-0.3, -0.25) is 20.0 Å². The predicted octanol–water partition coefficient (Wildman–Crippen LogP) is 28.3. The fourth-order valence-electron chi connectivity index (χ4n) is 17.2. The van der Waals surface area contributed by atoms with Crippen molar-refractivity contribution >= 4 is 67.9 Å². The van der Waals surface area contributed by atoms with E-state index < -0.39 is 45.8 Å². The largest absolute Gasteiger partial charge is 0.507 e. The second-order valence-electron chi connectivity index (χ2n) is 37.6. The molecule has 1 aliphatic heterocycles. The maximum Gasteiger partial charge on any atom is 0.130 e. The van der Waals surface area contributed by atoms with Crippen LogP contribution in [0.15, 0.2) is 335 Å². The summed E-state index contributed by atoms with van der Waals surface area (Å²) in [5.74, 6) is 2.28. The van der Waals surface area contributed by atoms with Gasteiger partial charge in [0.2, 0.25) is 0 Å². The molecule has 0 aliphatic carbocycles. The zero-order valence-corrected chi connectivity index (χ0v) is 74.7. The van der Waals surface area contributed by atoms with Crippen molar-refractivity contribution in [2.45, 2.75) is 155 Å². The van der Waals surface area contributed by atoms with Gasteiger partial charge >= 0.3 is 0 Å². The van der Waals surface area contributed by atoms with Gasteiger partial charge in [-0.25, -0.2) is 0 Å². The molecule has 0 amide bonds. The highest BCUT2D eigenvalue weighted by molar-refractivity contribution is 6.11. The monoisotopic (exact) mass is 1680 g/mol. The standard InChI is InChI=1S/C116H108N4O8/c1-113(2,3)89-57-81-65-117-105(77-37-17-13-18-38-77)106(78-39-19-14-20-40-78)118-66-82-58-90(114(4,5)6)63-87(110(82)122)71-127-99-55-51-75-35-27-31-47-95(75)103(99)104-96-48-32-28-36-76(96)52-56-100(104)128-72-88-64-92(116(10,11)12)60-84(112(88)124)68-120-108(80-43-23-16-24-44-80)107(79-41-21-15-22-42-79)119-67-83-59-91(115(7,8)9)62-86(111(83)123)70-126-98-54-50-74-34-26-30-46-94(74)102(98)101-93-45-29-25-33-73(93)49-53-97(101)125-69-85(61-89)109(81)121/h13-68,105-108,121-124H,69-72H2,1-12H3/t105-,106+,107-,108+. The Balaban J connectivity index is 0.857. The van der Waals surface area contributed by atoms with E-state index >= 15 is 0 Å². The van der Waals surface area contributed by atoms with E-state index in [-0.39, 0.29) is 49.4 Å². The summed E-state index contributed by atoms with van der Waals surface area (Å²) in [6.07, 6.45) is 7.09. The molecule has 0 spiro atoms. The summed E-state index contributed by atoms with van der Waals surface area (Å²) in [6, 6.07) is 103. The van der Waals surface area contributed by atoms with Gasteiger partial charge in [0.15, 0.2) is 0 Å². The number of rotatable bonds is 4. The molecule has 1 aliphatic rings. The average Bonchev–Trinajstić information content (AvgIpc) is 0.750. The highest BCUT2D eigenvalue weighted by atomic mass is 16.5. The van der Waals surface area contributed by atoms with Gasteiger partial charge < -0.3 is 39.4 Å². The zero-order valence-electron chi connectivity index (χ0n) is 74.7. The van der Waals surface area contributed by atoms with E-state index in [2.05, 4.69) is 204 Å². The minimum Gasteiger partial charge on any atom is -0.507 e. The van der Waals surface area contributed by atoms with E-state index in [1.165, 1.54) is 0 Å². The van der Waals surface area contributed by atoms with Crippen molar-refractivity contribution in [3.63, 3.8) is 0 Å². The second-order valence-corrected chi connectivity index (χ2v) is 37.6. The number of hydrogen-bond donors (Lipinski definition) is 4. The molecule has 0 saturated heterocycles. The van der Waals surface area contributed by atoms with Crippen LogP contribution in [0.3, 0.4) is 0 Å². The fraction of sp³-hybridized carbons (Fsp3) is 0.207. The maximum atomic E-state index is 13.0. The van der Waals surface area contributed by atoms with E-state index in [9.17, 15) is 20.4 Å². The Bertz CT molecular complexity index is 6100. The highest BCUT2D eigenvalue weighted by Gasteiger charge is 2.32. The van der Waals surface area contributed by atoms with Crippen LogP contribution in [0.5, 0.6) is 46.0 Å². The minimum absolute atomic E-state index is 0.0124. The number of phenols is 4. The number of fused-ring (bicyclic) bond motifs is 22. The molecule has 12 nitrogen and oxygen atoms in total. The summed E-state index contributed by atoms with van der Waals surface area (Å²) in [5, 5.41) is 59.7. The molecule has 0 fully saturated rings. The first-order valence-corrected chi connectivity index (χ1v) is 44.0. The molecule has 128 heavy (non-hydrogen) atoms. The Morgan fingerprint density at radius 1 is 0.227 bits per heavy atom. The van der Waals surface area contributed by atoms with Gasteiger partial charge in [0, 0.05) is 91.6 Å². The van der Waals surface area contributed by atoms with Crippen LogP contribution in [0.25, 0.3) is 65.3 Å². The maximum absolute atomic E-state index is 13.0. The second kappa shape index (κ2) is 35.9. The van der Waals surface area contributed by atoms with Crippen LogP contribution in [0.1, 0.15) is 196 Å². The average molecular weight is 1690 g/mol.